The van der Waals surface area contributed by atoms with Crippen molar-refractivity contribution in [3.05, 3.63) is 0 Å². The van der Waals surface area contributed by atoms with Crippen molar-refractivity contribution in [2.24, 2.45) is 5.41 Å². The summed E-state index contributed by atoms with van der Waals surface area (Å²) in [6.07, 6.45) is 2.20. The Hall–Kier alpha value is -0.610. The van der Waals surface area contributed by atoms with Gasteiger partial charge >= 0.3 is 0 Å². The van der Waals surface area contributed by atoms with Crippen LogP contribution in [0.3, 0.4) is 0 Å². The summed E-state index contributed by atoms with van der Waals surface area (Å²) < 4.78 is 0. The normalized spacial score (nSPS) is 29.9. The van der Waals surface area contributed by atoms with E-state index < -0.39 is 0 Å². The van der Waals surface area contributed by atoms with Crippen LogP contribution < -0.4 is 5.32 Å². The minimum Gasteiger partial charge on any atom is -0.339 e. The number of amides is 1. The molecule has 4 heteroatoms. The summed E-state index contributed by atoms with van der Waals surface area (Å²) in [5.74, 6) is 0.402. The molecule has 16 heavy (non-hydrogen) atoms. The monoisotopic (exact) mass is 223 g/mol. The molecule has 1 N–H and O–H groups in total. The van der Waals surface area contributed by atoms with E-state index in [2.05, 4.69) is 22.0 Å². The van der Waals surface area contributed by atoms with Crippen molar-refractivity contribution < 1.29 is 4.79 Å². The van der Waals surface area contributed by atoms with E-state index in [4.69, 9.17) is 0 Å². The molecule has 0 spiro atoms. The van der Waals surface area contributed by atoms with Gasteiger partial charge in [-0.3, -0.25) is 9.69 Å². The summed E-state index contributed by atoms with van der Waals surface area (Å²) in [4.78, 5) is 16.6. The van der Waals surface area contributed by atoms with Gasteiger partial charge in [-0.05, 0) is 12.8 Å². The van der Waals surface area contributed by atoms with Crippen molar-refractivity contribution in [2.45, 2.75) is 25.8 Å². The second kappa shape index (κ2) is 3.70. The minimum absolute atomic E-state index is 0.0222. The van der Waals surface area contributed by atoms with Crippen molar-refractivity contribution in [1.29, 1.82) is 0 Å². The van der Waals surface area contributed by atoms with E-state index in [1.807, 2.05) is 0 Å². The number of likely N-dealkylation sites (tertiary alicyclic amines) is 1. The molecule has 4 nitrogen and oxygen atoms in total. The molecule has 0 atom stereocenters. The van der Waals surface area contributed by atoms with Crippen LogP contribution in [0, 0.1) is 5.41 Å². The van der Waals surface area contributed by atoms with Gasteiger partial charge < -0.3 is 10.2 Å². The highest BCUT2D eigenvalue weighted by Gasteiger charge is 2.50. The third kappa shape index (κ3) is 1.74. The average molecular weight is 223 g/mol. The second-order valence-electron chi connectivity index (χ2n) is 5.71. The minimum atomic E-state index is 0.0222. The number of hydrogen-bond donors (Lipinski definition) is 1. The lowest BCUT2D eigenvalue weighted by Gasteiger charge is -2.47. The topological polar surface area (TPSA) is 35.6 Å². The molecule has 90 valence electrons. The number of piperazine rings is 1. The Kier molecular flexibility index (Phi) is 2.44. The first-order valence-electron chi connectivity index (χ1n) is 6.43. The van der Waals surface area contributed by atoms with E-state index in [-0.39, 0.29) is 5.41 Å². The summed E-state index contributed by atoms with van der Waals surface area (Å²) in [6.45, 7) is 8.52. The molecule has 2 aliphatic heterocycles. The number of nitrogens with one attached hydrogen (secondary N) is 1. The Balaban J connectivity index is 1.48. The second-order valence-corrected chi connectivity index (χ2v) is 5.71. The highest BCUT2D eigenvalue weighted by atomic mass is 16.2. The molecule has 1 aliphatic carbocycles. The number of hydrogen-bond acceptors (Lipinski definition) is 3. The van der Waals surface area contributed by atoms with Crippen LogP contribution in [0.4, 0.5) is 0 Å². The number of rotatable bonds is 2. The van der Waals surface area contributed by atoms with Gasteiger partial charge in [0, 0.05) is 50.7 Å². The Bertz CT molecular complexity index is 289. The number of carbonyl (C=O) groups is 1. The van der Waals surface area contributed by atoms with Crippen LogP contribution in [-0.2, 0) is 4.79 Å². The van der Waals surface area contributed by atoms with Crippen molar-refractivity contribution in [3.8, 4) is 0 Å². The molecule has 1 amide bonds. The number of carbonyl (C=O) groups excluding carboxylic acids is 1. The summed E-state index contributed by atoms with van der Waals surface area (Å²) in [5.41, 5.74) is 0.0222. The van der Waals surface area contributed by atoms with Crippen LogP contribution in [0.2, 0.25) is 0 Å². The molecular weight excluding hydrogens is 202 g/mol. The molecule has 3 fully saturated rings. The molecule has 0 aromatic rings. The van der Waals surface area contributed by atoms with Crippen LogP contribution in [0.15, 0.2) is 0 Å². The van der Waals surface area contributed by atoms with E-state index in [0.717, 1.165) is 52.1 Å². The predicted molar refractivity (Wildman–Crippen MR) is 62.2 cm³/mol. The molecule has 3 rings (SSSR count). The number of nitrogens with zero attached hydrogens (tertiary/aromatic N) is 2. The lowest BCUT2D eigenvalue weighted by atomic mass is 10.0. The fraction of sp³-hybridized carbons (Fsp3) is 0.917. The highest BCUT2D eigenvalue weighted by molar-refractivity contribution is 5.85. The first-order valence-corrected chi connectivity index (χ1v) is 6.43. The zero-order valence-electron chi connectivity index (χ0n) is 10.0. The lowest BCUT2D eigenvalue weighted by molar-refractivity contribution is -0.144. The molecule has 0 radical (unpaired) electrons. The largest absolute Gasteiger partial charge is 0.339 e. The van der Waals surface area contributed by atoms with Gasteiger partial charge in [-0.25, -0.2) is 0 Å². The van der Waals surface area contributed by atoms with Gasteiger partial charge in [-0.1, -0.05) is 6.92 Å². The SMILES string of the molecule is CC1(C(=O)N2CC(N3CCNCC3)C2)CC1. The molecule has 0 aromatic heterocycles. The van der Waals surface area contributed by atoms with E-state index in [9.17, 15) is 4.79 Å². The molecule has 0 bridgehead atoms. The van der Waals surface area contributed by atoms with Crippen LogP contribution in [0.25, 0.3) is 0 Å². The first kappa shape index (κ1) is 10.5. The van der Waals surface area contributed by atoms with E-state index in [1.165, 1.54) is 0 Å². The third-order valence-corrected chi connectivity index (χ3v) is 4.33. The molecule has 1 saturated carbocycles. The van der Waals surface area contributed by atoms with E-state index in [1.54, 1.807) is 0 Å². The van der Waals surface area contributed by atoms with Gasteiger partial charge in [-0.2, -0.15) is 0 Å². The van der Waals surface area contributed by atoms with E-state index in [0.29, 0.717) is 11.9 Å². The van der Waals surface area contributed by atoms with Crippen LogP contribution in [0.5, 0.6) is 0 Å². The Morgan fingerprint density at radius 3 is 2.44 bits per heavy atom. The maximum Gasteiger partial charge on any atom is 0.228 e. The fourth-order valence-electron chi connectivity index (χ4n) is 2.68. The zero-order valence-corrected chi connectivity index (χ0v) is 10.0. The van der Waals surface area contributed by atoms with Crippen LogP contribution >= 0.6 is 0 Å². The first-order chi connectivity index (χ1) is 7.69. The lowest BCUT2D eigenvalue weighted by Crippen LogP contribution is -2.64. The Morgan fingerprint density at radius 1 is 1.25 bits per heavy atom. The summed E-state index contributed by atoms with van der Waals surface area (Å²) >= 11 is 0. The Morgan fingerprint density at radius 2 is 1.88 bits per heavy atom. The van der Waals surface area contributed by atoms with Gasteiger partial charge in [0.25, 0.3) is 0 Å². The molecule has 2 saturated heterocycles. The maximum absolute atomic E-state index is 12.0. The molecule has 0 aromatic carbocycles. The molecule has 2 heterocycles. The zero-order chi connectivity index (χ0) is 11.2. The quantitative estimate of drug-likeness (QED) is 0.710. The van der Waals surface area contributed by atoms with E-state index >= 15 is 0 Å². The fourth-order valence-corrected chi connectivity index (χ4v) is 2.68. The molecule has 0 unspecified atom stereocenters. The van der Waals surface area contributed by atoms with Gasteiger partial charge in [-0.15, -0.1) is 0 Å². The average Bonchev–Trinajstić information content (AvgIpc) is 2.97. The highest BCUT2D eigenvalue weighted by Crippen LogP contribution is 2.47. The van der Waals surface area contributed by atoms with Crippen LogP contribution in [-0.4, -0.2) is 61.0 Å². The summed E-state index contributed by atoms with van der Waals surface area (Å²) in [7, 11) is 0. The van der Waals surface area contributed by atoms with Crippen molar-refractivity contribution in [3.63, 3.8) is 0 Å². The molecule has 3 aliphatic rings. The van der Waals surface area contributed by atoms with Gasteiger partial charge in [0.05, 0.1) is 0 Å². The van der Waals surface area contributed by atoms with Gasteiger partial charge in [0.15, 0.2) is 0 Å². The summed E-state index contributed by atoms with van der Waals surface area (Å²) in [5, 5.41) is 3.36. The smallest absolute Gasteiger partial charge is 0.228 e. The standard InChI is InChI=1S/C12H21N3O/c1-12(2-3-12)11(16)15-8-10(9-15)14-6-4-13-5-7-14/h10,13H,2-9H2,1H3. The van der Waals surface area contributed by atoms with Crippen molar-refractivity contribution >= 4 is 5.91 Å². The Labute approximate surface area is 97.0 Å². The van der Waals surface area contributed by atoms with Gasteiger partial charge in [0.1, 0.15) is 0 Å². The van der Waals surface area contributed by atoms with Crippen LogP contribution in [0.1, 0.15) is 19.8 Å². The van der Waals surface area contributed by atoms with Gasteiger partial charge in [0.2, 0.25) is 5.91 Å². The third-order valence-electron chi connectivity index (χ3n) is 4.33. The summed E-state index contributed by atoms with van der Waals surface area (Å²) in [6, 6.07) is 0.633. The predicted octanol–water partition coefficient (Wildman–Crippen LogP) is -0.0975. The van der Waals surface area contributed by atoms with Crippen molar-refractivity contribution in [2.75, 3.05) is 39.3 Å². The molecular formula is C12H21N3O. The maximum atomic E-state index is 12.0. The van der Waals surface area contributed by atoms with Crippen molar-refractivity contribution in [1.82, 2.24) is 15.1 Å².